The molecule has 0 unspecified atom stereocenters. The van der Waals surface area contributed by atoms with Gasteiger partial charge in [0.25, 0.3) is 0 Å². The molecule has 1 spiro atoms. The van der Waals surface area contributed by atoms with Gasteiger partial charge in [-0.3, -0.25) is 9.78 Å². The normalized spacial score (nSPS) is 27.6. The van der Waals surface area contributed by atoms with Crippen LogP contribution in [0.25, 0.3) is 10.9 Å². The van der Waals surface area contributed by atoms with Crippen molar-refractivity contribution in [2.75, 3.05) is 5.32 Å². The molecule has 2 aromatic rings. The van der Waals surface area contributed by atoms with Crippen LogP contribution in [0.5, 0.6) is 0 Å². The summed E-state index contributed by atoms with van der Waals surface area (Å²) in [4.78, 5) is 16.6. The van der Waals surface area contributed by atoms with Crippen LogP contribution in [0, 0.1) is 11.7 Å². The zero-order valence-corrected chi connectivity index (χ0v) is 12.4. The van der Waals surface area contributed by atoms with E-state index in [-0.39, 0.29) is 11.7 Å². The smallest absolute Gasteiger partial charge is 0.235 e. The van der Waals surface area contributed by atoms with Crippen LogP contribution in [0.4, 0.5) is 10.1 Å². The minimum Gasteiger partial charge on any atom is -0.324 e. The van der Waals surface area contributed by atoms with Crippen molar-refractivity contribution in [2.45, 2.75) is 25.2 Å². The highest BCUT2D eigenvalue weighted by Crippen LogP contribution is 2.55. The third-order valence-corrected chi connectivity index (χ3v) is 5.07. The fourth-order valence-corrected chi connectivity index (χ4v) is 4.02. The van der Waals surface area contributed by atoms with Gasteiger partial charge in [0, 0.05) is 17.0 Å². The zero-order chi connectivity index (χ0) is 14.1. The van der Waals surface area contributed by atoms with E-state index in [1.807, 2.05) is 0 Å². The Morgan fingerprint density at radius 3 is 2.90 bits per heavy atom. The number of pyridine rings is 1. The summed E-state index contributed by atoms with van der Waals surface area (Å²) in [5, 5.41) is 3.79. The van der Waals surface area contributed by atoms with Crippen molar-refractivity contribution in [1.29, 1.82) is 0 Å². The Hall–Kier alpha value is -1.49. The number of anilines is 1. The number of nitrogens with zero attached hydrogens (tertiary/aromatic N) is 1. The molecule has 3 nitrogen and oxygen atoms in total. The second-order valence-electron chi connectivity index (χ2n) is 5.88. The van der Waals surface area contributed by atoms with E-state index in [1.54, 1.807) is 12.3 Å². The van der Waals surface area contributed by atoms with Gasteiger partial charge in [-0.2, -0.15) is 0 Å². The first-order chi connectivity index (χ1) is 9.51. The van der Waals surface area contributed by atoms with Crippen LogP contribution in [0.3, 0.4) is 0 Å². The Kier molecular flexibility index (Phi) is 2.32. The first-order valence-corrected chi connectivity index (χ1v) is 7.40. The number of hydrogen-bond acceptors (Lipinski definition) is 2. The van der Waals surface area contributed by atoms with E-state index in [2.05, 4.69) is 33.2 Å². The number of carbonyl (C=O) groups is 1. The van der Waals surface area contributed by atoms with Crippen molar-refractivity contribution in [3.8, 4) is 0 Å². The Labute approximate surface area is 123 Å². The van der Waals surface area contributed by atoms with Gasteiger partial charge >= 0.3 is 0 Å². The third kappa shape index (κ3) is 1.39. The molecule has 1 aromatic carbocycles. The quantitative estimate of drug-likeness (QED) is 0.797. The van der Waals surface area contributed by atoms with Crippen molar-refractivity contribution in [3.05, 3.63) is 34.2 Å². The molecule has 0 saturated heterocycles. The molecule has 1 amide bonds. The van der Waals surface area contributed by atoms with E-state index in [9.17, 15) is 9.18 Å². The average Bonchev–Trinajstić information content (AvgIpc) is 2.65. The SMILES string of the molecule is CC1CC2(C1)C(=O)Nc1cnc3cc(F)c(Br)cc3c12. The molecule has 0 bridgehead atoms. The fraction of sp³-hybridized carbons (Fsp3) is 0.333. The van der Waals surface area contributed by atoms with Crippen LogP contribution in [-0.2, 0) is 10.2 Å². The highest BCUT2D eigenvalue weighted by atomic mass is 79.9. The summed E-state index contributed by atoms with van der Waals surface area (Å²) in [7, 11) is 0. The van der Waals surface area contributed by atoms with Crippen LogP contribution in [0.1, 0.15) is 25.3 Å². The van der Waals surface area contributed by atoms with E-state index in [1.165, 1.54) is 6.07 Å². The lowest BCUT2D eigenvalue weighted by Gasteiger charge is -2.42. The van der Waals surface area contributed by atoms with E-state index in [0.717, 1.165) is 29.5 Å². The molecular formula is C15H12BrFN2O. The summed E-state index contributed by atoms with van der Waals surface area (Å²) in [5.41, 5.74) is 1.92. The molecule has 102 valence electrons. The molecule has 4 rings (SSSR count). The number of amides is 1. The van der Waals surface area contributed by atoms with Crippen molar-refractivity contribution in [3.63, 3.8) is 0 Å². The average molecular weight is 335 g/mol. The molecule has 20 heavy (non-hydrogen) atoms. The molecule has 1 aliphatic heterocycles. The van der Waals surface area contributed by atoms with Crippen molar-refractivity contribution in [2.24, 2.45) is 5.92 Å². The number of benzene rings is 1. The highest BCUT2D eigenvalue weighted by Gasteiger charge is 2.55. The molecule has 0 atom stereocenters. The topological polar surface area (TPSA) is 42.0 Å². The minimum absolute atomic E-state index is 0.0559. The highest BCUT2D eigenvalue weighted by molar-refractivity contribution is 9.10. The summed E-state index contributed by atoms with van der Waals surface area (Å²) >= 11 is 3.22. The molecule has 2 aliphatic rings. The number of rotatable bonds is 0. The predicted octanol–water partition coefficient (Wildman–Crippen LogP) is 3.76. The molecule has 2 heterocycles. The molecule has 1 N–H and O–H groups in total. The maximum Gasteiger partial charge on any atom is 0.235 e. The monoisotopic (exact) mass is 334 g/mol. The maximum atomic E-state index is 13.7. The van der Waals surface area contributed by atoms with E-state index in [0.29, 0.717) is 15.9 Å². The standard InChI is InChI=1S/C15H12BrFN2O/c1-7-4-15(5-7)13-8-2-9(16)10(17)3-11(8)18-6-12(13)19-14(15)20/h2-3,6-7H,4-5H2,1H3,(H,19,20). The van der Waals surface area contributed by atoms with Crippen LogP contribution >= 0.6 is 15.9 Å². The van der Waals surface area contributed by atoms with Crippen LogP contribution < -0.4 is 5.32 Å². The van der Waals surface area contributed by atoms with Crippen LogP contribution in [0.2, 0.25) is 0 Å². The third-order valence-electron chi connectivity index (χ3n) is 4.47. The summed E-state index contributed by atoms with van der Waals surface area (Å²) in [6, 6.07) is 3.15. The second-order valence-corrected chi connectivity index (χ2v) is 6.73. The summed E-state index contributed by atoms with van der Waals surface area (Å²) in [6.07, 6.45) is 3.33. The zero-order valence-electron chi connectivity index (χ0n) is 10.8. The molecule has 1 aromatic heterocycles. The summed E-state index contributed by atoms with van der Waals surface area (Å²) in [5.74, 6) is 0.261. The van der Waals surface area contributed by atoms with Gasteiger partial charge in [0.1, 0.15) is 5.82 Å². The number of aromatic nitrogens is 1. The lowest BCUT2D eigenvalue weighted by molar-refractivity contribution is -0.125. The Bertz CT molecular complexity index is 768. The molecule has 1 aliphatic carbocycles. The number of fused-ring (bicyclic) bond motifs is 4. The van der Waals surface area contributed by atoms with Gasteiger partial charge in [0.15, 0.2) is 0 Å². The van der Waals surface area contributed by atoms with Gasteiger partial charge in [-0.05, 0) is 40.8 Å². The van der Waals surface area contributed by atoms with E-state index >= 15 is 0 Å². The number of halogens is 2. The van der Waals surface area contributed by atoms with Gasteiger partial charge < -0.3 is 5.32 Å². The van der Waals surface area contributed by atoms with Gasteiger partial charge in [-0.1, -0.05) is 6.92 Å². The number of nitrogens with one attached hydrogen (secondary N) is 1. The van der Waals surface area contributed by atoms with Gasteiger partial charge in [-0.15, -0.1) is 0 Å². The van der Waals surface area contributed by atoms with Gasteiger partial charge in [0.05, 0.1) is 27.3 Å². The number of hydrogen-bond donors (Lipinski definition) is 1. The fourth-order valence-electron chi connectivity index (χ4n) is 3.67. The summed E-state index contributed by atoms with van der Waals surface area (Å²) in [6.45, 7) is 2.15. The minimum atomic E-state index is -0.437. The molecule has 0 radical (unpaired) electrons. The lowest BCUT2D eigenvalue weighted by Crippen LogP contribution is -2.45. The molecule has 5 heteroatoms. The van der Waals surface area contributed by atoms with Crippen molar-refractivity contribution in [1.82, 2.24) is 4.98 Å². The van der Waals surface area contributed by atoms with Crippen LogP contribution in [-0.4, -0.2) is 10.9 Å². The van der Waals surface area contributed by atoms with Gasteiger partial charge in [-0.25, -0.2) is 4.39 Å². The van der Waals surface area contributed by atoms with Crippen molar-refractivity contribution < 1.29 is 9.18 Å². The first kappa shape index (κ1) is 12.3. The maximum absolute atomic E-state index is 13.7. The van der Waals surface area contributed by atoms with E-state index in [4.69, 9.17) is 0 Å². The first-order valence-electron chi connectivity index (χ1n) is 6.61. The Morgan fingerprint density at radius 2 is 2.20 bits per heavy atom. The molecule has 1 saturated carbocycles. The van der Waals surface area contributed by atoms with E-state index < -0.39 is 5.41 Å². The van der Waals surface area contributed by atoms with Gasteiger partial charge in [0.2, 0.25) is 5.91 Å². The van der Waals surface area contributed by atoms with Crippen molar-refractivity contribution >= 4 is 38.4 Å². The number of carbonyl (C=O) groups excluding carboxylic acids is 1. The second kappa shape index (κ2) is 3.79. The summed E-state index contributed by atoms with van der Waals surface area (Å²) < 4.78 is 14.1. The largest absolute Gasteiger partial charge is 0.324 e. The Balaban J connectivity index is 2.05. The predicted molar refractivity (Wildman–Crippen MR) is 78.1 cm³/mol. The lowest BCUT2D eigenvalue weighted by atomic mass is 9.59. The molecular weight excluding hydrogens is 323 g/mol. The Morgan fingerprint density at radius 1 is 1.45 bits per heavy atom. The molecule has 1 fully saturated rings. The van der Waals surface area contributed by atoms with Crippen LogP contribution in [0.15, 0.2) is 22.8 Å².